The van der Waals surface area contributed by atoms with Gasteiger partial charge in [0.25, 0.3) is 0 Å². The topological polar surface area (TPSA) is 41.1 Å². The Balaban J connectivity index is 3.38. The van der Waals surface area contributed by atoms with Crippen LogP contribution in [0, 0.1) is 0 Å². The molecule has 0 unspecified atom stereocenters. The van der Waals surface area contributed by atoms with E-state index in [0.29, 0.717) is 6.54 Å². The lowest BCUT2D eigenvalue weighted by molar-refractivity contribution is -0.122. The lowest BCUT2D eigenvalue weighted by Crippen LogP contribution is -2.41. The third kappa shape index (κ3) is 9.15. The maximum absolute atomic E-state index is 11.6. The first-order chi connectivity index (χ1) is 6.45. The van der Waals surface area contributed by atoms with E-state index in [0.717, 1.165) is 19.3 Å². The summed E-state index contributed by atoms with van der Waals surface area (Å²) in [5.41, 5.74) is 0. The number of amides is 2. The molecule has 0 aliphatic heterocycles. The first-order valence-electron chi connectivity index (χ1n) is 4.54. The molecule has 0 radical (unpaired) electrons. The highest BCUT2D eigenvalue weighted by atomic mass is 19.4. The van der Waals surface area contributed by atoms with E-state index in [-0.39, 0.29) is 0 Å². The van der Waals surface area contributed by atoms with Crippen molar-refractivity contribution in [2.24, 2.45) is 0 Å². The quantitative estimate of drug-likeness (QED) is 0.673. The van der Waals surface area contributed by atoms with Crippen LogP contribution in [0.1, 0.15) is 26.2 Å². The second kappa shape index (κ2) is 6.50. The van der Waals surface area contributed by atoms with E-state index in [1.807, 2.05) is 6.92 Å². The van der Waals surface area contributed by atoms with Crippen molar-refractivity contribution in [2.75, 3.05) is 13.1 Å². The Morgan fingerprint density at radius 2 is 1.86 bits per heavy atom. The van der Waals surface area contributed by atoms with E-state index in [4.69, 9.17) is 0 Å². The summed E-state index contributed by atoms with van der Waals surface area (Å²) in [6, 6.07) is -0.765. The van der Waals surface area contributed by atoms with Gasteiger partial charge < -0.3 is 10.6 Å². The van der Waals surface area contributed by atoms with Gasteiger partial charge in [-0.15, -0.1) is 0 Å². The third-order valence-corrected chi connectivity index (χ3v) is 1.52. The number of halogens is 3. The molecule has 0 atom stereocenters. The van der Waals surface area contributed by atoms with Crippen LogP contribution in [0.4, 0.5) is 18.0 Å². The van der Waals surface area contributed by atoms with E-state index < -0.39 is 18.8 Å². The van der Waals surface area contributed by atoms with Crippen molar-refractivity contribution >= 4 is 6.03 Å². The average molecular weight is 212 g/mol. The lowest BCUT2D eigenvalue weighted by atomic mass is 10.2. The summed E-state index contributed by atoms with van der Waals surface area (Å²) in [4.78, 5) is 10.7. The molecular weight excluding hydrogens is 197 g/mol. The van der Waals surface area contributed by atoms with Crippen LogP contribution in [0.15, 0.2) is 0 Å². The summed E-state index contributed by atoms with van der Waals surface area (Å²) in [6.07, 6.45) is -1.60. The molecule has 0 fully saturated rings. The smallest absolute Gasteiger partial charge is 0.338 e. The Bertz CT molecular complexity index is 170. The predicted octanol–water partition coefficient (Wildman–Crippen LogP) is 2.04. The van der Waals surface area contributed by atoms with E-state index in [2.05, 4.69) is 5.32 Å². The Kier molecular flexibility index (Phi) is 6.07. The Labute approximate surface area is 81.1 Å². The molecular formula is C8H15F3N2O. The number of hydrogen-bond donors (Lipinski definition) is 2. The van der Waals surface area contributed by atoms with Gasteiger partial charge in [-0.3, -0.25) is 0 Å². The zero-order valence-electron chi connectivity index (χ0n) is 8.08. The fourth-order valence-electron chi connectivity index (χ4n) is 0.820. The zero-order chi connectivity index (χ0) is 11.0. The van der Waals surface area contributed by atoms with Gasteiger partial charge in [0.15, 0.2) is 0 Å². The second-order valence-electron chi connectivity index (χ2n) is 2.93. The van der Waals surface area contributed by atoms with E-state index >= 15 is 0 Å². The first kappa shape index (κ1) is 13.1. The van der Waals surface area contributed by atoms with Crippen molar-refractivity contribution in [1.29, 1.82) is 0 Å². The number of urea groups is 1. The molecule has 0 bridgehead atoms. The van der Waals surface area contributed by atoms with E-state index in [1.165, 1.54) is 0 Å². The molecule has 0 spiro atoms. The summed E-state index contributed by atoms with van der Waals surface area (Å²) < 4.78 is 34.8. The van der Waals surface area contributed by atoms with Gasteiger partial charge >= 0.3 is 12.2 Å². The number of rotatable bonds is 5. The number of hydrogen-bond acceptors (Lipinski definition) is 1. The minimum atomic E-state index is -4.35. The van der Waals surface area contributed by atoms with Crippen molar-refractivity contribution in [3.05, 3.63) is 0 Å². The van der Waals surface area contributed by atoms with Crippen LogP contribution in [0.5, 0.6) is 0 Å². The highest BCUT2D eigenvalue weighted by molar-refractivity contribution is 5.73. The summed E-state index contributed by atoms with van der Waals surface area (Å²) >= 11 is 0. The van der Waals surface area contributed by atoms with Crippen molar-refractivity contribution in [3.63, 3.8) is 0 Å². The van der Waals surface area contributed by atoms with Gasteiger partial charge in [-0.2, -0.15) is 13.2 Å². The monoisotopic (exact) mass is 212 g/mol. The molecule has 0 saturated carbocycles. The fourth-order valence-corrected chi connectivity index (χ4v) is 0.820. The molecule has 84 valence electrons. The fraction of sp³-hybridized carbons (Fsp3) is 0.875. The first-order valence-corrected chi connectivity index (χ1v) is 4.54. The number of unbranched alkanes of at least 4 members (excludes halogenated alkanes) is 2. The normalized spacial score (nSPS) is 11.1. The van der Waals surface area contributed by atoms with Crippen molar-refractivity contribution < 1.29 is 18.0 Å². The lowest BCUT2D eigenvalue weighted by Gasteiger charge is -2.09. The summed E-state index contributed by atoms with van der Waals surface area (Å²) in [5, 5.41) is 4.06. The molecule has 0 heterocycles. The van der Waals surface area contributed by atoms with E-state index in [9.17, 15) is 18.0 Å². The van der Waals surface area contributed by atoms with Crippen LogP contribution < -0.4 is 10.6 Å². The maximum Gasteiger partial charge on any atom is 0.405 e. The Morgan fingerprint density at radius 1 is 1.21 bits per heavy atom. The molecule has 0 aromatic carbocycles. The Morgan fingerprint density at radius 3 is 2.36 bits per heavy atom. The van der Waals surface area contributed by atoms with Crippen molar-refractivity contribution in [2.45, 2.75) is 32.4 Å². The summed E-state index contributed by atoms with van der Waals surface area (Å²) in [6.45, 7) is 1.13. The molecule has 0 aliphatic rings. The maximum atomic E-state index is 11.6. The van der Waals surface area contributed by atoms with Gasteiger partial charge in [0.05, 0.1) is 0 Å². The summed E-state index contributed by atoms with van der Waals surface area (Å²) in [5.74, 6) is 0. The molecule has 3 nitrogen and oxygen atoms in total. The zero-order valence-corrected chi connectivity index (χ0v) is 8.08. The van der Waals surface area contributed by atoms with Gasteiger partial charge in [0.2, 0.25) is 0 Å². The van der Waals surface area contributed by atoms with Gasteiger partial charge in [0, 0.05) is 6.54 Å². The molecule has 0 aliphatic carbocycles. The minimum absolute atomic E-state index is 0.414. The van der Waals surface area contributed by atoms with Crippen molar-refractivity contribution in [1.82, 2.24) is 10.6 Å². The molecule has 0 aromatic heterocycles. The average Bonchev–Trinajstić information content (AvgIpc) is 2.08. The van der Waals surface area contributed by atoms with Crippen molar-refractivity contribution in [3.8, 4) is 0 Å². The number of alkyl halides is 3. The van der Waals surface area contributed by atoms with Gasteiger partial charge in [0.1, 0.15) is 6.54 Å². The minimum Gasteiger partial charge on any atom is -0.338 e. The van der Waals surface area contributed by atoms with E-state index in [1.54, 1.807) is 5.32 Å². The van der Waals surface area contributed by atoms with Crippen LogP contribution in [-0.4, -0.2) is 25.3 Å². The van der Waals surface area contributed by atoms with Crippen LogP contribution in [0.2, 0.25) is 0 Å². The Hall–Kier alpha value is -0.940. The standard InChI is InChI=1S/C8H15F3N2O/c1-2-3-4-5-12-7(14)13-6-8(9,10)11/h2-6H2,1H3,(H2,12,13,14). The number of nitrogens with one attached hydrogen (secondary N) is 2. The molecule has 0 rings (SSSR count). The van der Waals surface area contributed by atoms with Gasteiger partial charge in [-0.1, -0.05) is 19.8 Å². The highest BCUT2D eigenvalue weighted by Gasteiger charge is 2.27. The predicted molar refractivity (Wildman–Crippen MR) is 47.0 cm³/mol. The van der Waals surface area contributed by atoms with Crippen LogP contribution in [-0.2, 0) is 0 Å². The van der Waals surface area contributed by atoms with Crippen LogP contribution >= 0.6 is 0 Å². The number of carbonyl (C=O) groups is 1. The molecule has 0 aromatic rings. The molecule has 2 amide bonds. The number of carbonyl (C=O) groups excluding carboxylic acids is 1. The molecule has 2 N–H and O–H groups in total. The largest absolute Gasteiger partial charge is 0.405 e. The molecule has 6 heteroatoms. The van der Waals surface area contributed by atoms with Crippen LogP contribution in [0.3, 0.4) is 0 Å². The SMILES string of the molecule is CCCCCNC(=O)NCC(F)(F)F. The van der Waals surface area contributed by atoms with Crippen LogP contribution in [0.25, 0.3) is 0 Å². The molecule has 0 saturated heterocycles. The highest BCUT2D eigenvalue weighted by Crippen LogP contribution is 2.11. The van der Waals surface area contributed by atoms with Gasteiger partial charge in [-0.05, 0) is 6.42 Å². The summed E-state index contributed by atoms with van der Waals surface area (Å²) in [7, 11) is 0. The third-order valence-electron chi connectivity index (χ3n) is 1.52. The second-order valence-corrected chi connectivity index (χ2v) is 2.93. The molecule has 14 heavy (non-hydrogen) atoms. The van der Waals surface area contributed by atoms with Gasteiger partial charge in [-0.25, -0.2) is 4.79 Å².